The lowest BCUT2D eigenvalue weighted by Crippen LogP contribution is -2.49. The topological polar surface area (TPSA) is 67.2 Å². The van der Waals surface area contributed by atoms with Crippen molar-refractivity contribution in [1.29, 1.82) is 0 Å². The fourth-order valence-electron chi connectivity index (χ4n) is 4.09. The summed E-state index contributed by atoms with van der Waals surface area (Å²) in [5, 5.41) is 0. The van der Waals surface area contributed by atoms with Crippen molar-refractivity contribution < 1.29 is 9.18 Å². The van der Waals surface area contributed by atoms with Crippen LogP contribution >= 0.6 is 0 Å². The fraction of sp³-hybridized carbons (Fsp3) is 0.231. The van der Waals surface area contributed by atoms with E-state index in [-0.39, 0.29) is 18.1 Å². The summed E-state index contributed by atoms with van der Waals surface area (Å²) in [6.07, 6.45) is 5.51. The Kier molecular flexibility index (Phi) is 6.03. The lowest BCUT2D eigenvalue weighted by Gasteiger charge is -2.34. The van der Waals surface area contributed by atoms with Crippen LogP contribution in [0.3, 0.4) is 0 Å². The molecule has 1 saturated heterocycles. The van der Waals surface area contributed by atoms with Gasteiger partial charge in [0.1, 0.15) is 11.6 Å². The third kappa shape index (κ3) is 4.66. The van der Waals surface area contributed by atoms with Crippen LogP contribution in [-0.2, 0) is 11.2 Å². The summed E-state index contributed by atoms with van der Waals surface area (Å²) in [7, 11) is 0. The highest BCUT2D eigenvalue weighted by molar-refractivity contribution is 5.79. The fourth-order valence-corrected chi connectivity index (χ4v) is 4.09. The van der Waals surface area contributed by atoms with Crippen molar-refractivity contribution in [2.45, 2.75) is 13.3 Å². The first-order chi connectivity index (χ1) is 16.6. The van der Waals surface area contributed by atoms with Gasteiger partial charge in [-0.1, -0.05) is 29.8 Å². The Labute approximate surface area is 197 Å². The summed E-state index contributed by atoms with van der Waals surface area (Å²) < 4.78 is 15.4. The third-order valence-electron chi connectivity index (χ3n) is 6.01. The summed E-state index contributed by atoms with van der Waals surface area (Å²) in [6, 6.07) is 16.1. The van der Waals surface area contributed by atoms with Crippen molar-refractivity contribution in [3.8, 4) is 16.9 Å². The van der Waals surface area contributed by atoms with Crippen molar-refractivity contribution in [1.82, 2.24) is 24.4 Å². The third-order valence-corrected chi connectivity index (χ3v) is 6.01. The molecular weight excluding hydrogens is 431 g/mol. The molecule has 7 nitrogen and oxygen atoms in total. The van der Waals surface area contributed by atoms with Gasteiger partial charge in [-0.05, 0) is 37.3 Å². The van der Waals surface area contributed by atoms with Crippen LogP contribution in [0.4, 0.5) is 10.3 Å². The molecule has 34 heavy (non-hydrogen) atoms. The molecule has 1 aliphatic rings. The summed E-state index contributed by atoms with van der Waals surface area (Å²) >= 11 is 0. The van der Waals surface area contributed by atoms with Gasteiger partial charge in [-0.25, -0.2) is 19.3 Å². The number of aryl methyl sites for hydroxylation is 1. The number of amides is 1. The lowest BCUT2D eigenvalue weighted by atomic mass is 10.1. The van der Waals surface area contributed by atoms with Crippen molar-refractivity contribution in [2.75, 3.05) is 31.1 Å². The molecule has 2 aromatic carbocycles. The van der Waals surface area contributed by atoms with Crippen LogP contribution in [0.5, 0.6) is 0 Å². The molecule has 0 saturated carbocycles. The minimum absolute atomic E-state index is 0.0121. The second-order valence-electron chi connectivity index (χ2n) is 8.35. The zero-order valence-electron chi connectivity index (χ0n) is 18.9. The van der Waals surface area contributed by atoms with Crippen molar-refractivity contribution in [2.24, 2.45) is 0 Å². The number of rotatable bonds is 5. The zero-order chi connectivity index (χ0) is 23.5. The van der Waals surface area contributed by atoms with E-state index in [9.17, 15) is 9.18 Å². The van der Waals surface area contributed by atoms with E-state index in [2.05, 4.69) is 14.9 Å². The van der Waals surface area contributed by atoms with Crippen LogP contribution < -0.4 is 4.90 Å². The number of hydrogen-bond acceptors (Lipinski definition) is 5. The number of piperazine rings is 1. The van der Waals surface area contributed by atoms with Gasteiger partial charge in [-0.2, -0.15) is 0 Å². The average molecular weight is 457 g/mol. The maximum atomic E-state index is 13.5. The van der Waals surface area contributed by atoms with Gasteiger partial charge in [0.2, 0.25) is 11.9 Å². The maximum Gasteiger partial charge on any atom is 0.230 e. The first kappa shape index (κ1) is 21.8. The van der Waals surface area contributed by atoms with E-state index in [1.165, 1.54) is 12.1 Å². The van der Waals surface area contributed by atoms with E-state index >= 15 is 0 Å². The molecule has 1 aliphatic heterocycles. The highest BCUT2D eigenvalue weighted by Crippen LogP contribution is 2.23. The molecule has 2 aromatic heterocycles. The van der Waals surface area contributed by atoms with Gasteiger partial charge in [0.15, 0.2) is 0 Å². The average Bonchev–Trinajstić information content (AvgIpc) is 3.29. The van der Waals surface area contributed by atoms with E-state index in [1.807, 2.05) is 46.9 Å². The van der Waals surface area contributed by atoms with Gasteiger partial charge in [0.25, 0.3) is 0 Å². The second-order valence-corrected chi connectivity index (χ2v) is 8.35. The molecule has 172 valence electrons. The van der Waals surface area contributed by atoms with Gasteiger partial charge in [-0.15, -0.1) is 0 Å². The number of aromatic nitrogens is 4. The van der Waals surface area contributed by atoms with Gasteiger partial charge in [0.05, 0.1) is 12.1 Å². The van der Waals surface area contributed by atoms with Crippen LogP contribution in [0, 0.1) is 12.7 Å². The molecule has 0 radical (unpaired) electrons. The molecule has 0 spiro atoms. The minimum Gasteiger partial charge on any atom is -0.339 e. The van der Waals surface area contributed by atoms with Crippen LogP contribution in [0.25, 0.3) is 16.9 Å². The second kappa shape index (κ2) is 9.43. The molecule has 0 unspecified atom stereocenters. The monoisotopic (exact) mass is 456 g/mol. The summed E-state index contributed by atoms with van der Waals surface area (Å²) in [5.74, 6) is 1.02. The van der Waals surface area contributed by atoms with Crippen LogP contribution in [0.15, 0.2) is 73.2 Å². The Morgan fingerprint density at radius 3 is 2.29 bits per heavy atom. The first-order valence-electron chi connectivity index (χ1n) is 11.3. The SMILES string of the molecule is Cc1ccc(-c2cn(-c3ccc(F)cc3)c(CC(=O)N3CCN(c4ncccn4)CC3)n2)cc1. The van der Waals surface area contributed by atoms with Gasteiger partial charge in [-0.3, -0.25) is 4.79 Å². The number of hydrogen-bond donors (Lipinski definition) is 0. The zero-order valence-corrected chi connectivity index (χ0v) is 18.9. The standard InChI is InChI=1S/C26H25FN6O/c1-19-3-5-20(6-4-19)23-18-33(22-9-7-21(27)8-10-22)24(30-23)17-25(34)31-13-15-32(16-14-31)26-28-11-2-12-29-26/h2-12,18H,13-17H2,1H3. The Balaban J connectivity index is 1.36. The summed E-state index contributed by atoms with van der Waals surface area (Å²) in [6.45, 7) is 4.58. The van der Waals surface area contributed by atoms with E-state index in [0.717, 1.165) is 22.5 Å². The molecule has 1 fully saturated rings. The molecule has 0 N–H and O–H groups in total. The van der Waals surface area contributed by atoms with Crippen LogP contribution in [0.2, 0.25) is 0 Å². The normalized spacial score (nSPS) is 13.8. The van der Waals surface area contributed by atoms with E-state index < -0.39 is 0 Å². The number of nitrogens with zero attached hydrogens (tertiary/aromatic N) is 6. The smallest absolute Gasteiger partial charge is 0.230 e. The molecule has 4 aromatic rings. The molecule has 0 bridgehead atoms. The van der Waals surface area contributed by atoms with Crippen LogP contribution in [-0.4, -0.2) is 56.5 Å². The first-order valence-corrected chi connectivity index (χ1v) is 11.3. The molecule has 5 rings (SSSR count). The molecular formula is C26H25FN6O. The van der Waals surface area contributed by atoms with Gasteiger partial charge in [0, 0.05) is 56.0 Å². The highest BCUT2D eigenvalue weighted by Gasteiger charge is 2.24. The molecule has 3 heterocycles. The lowest BCUT2D eigenvalue weighted by molar-refractivity contribution is -0.130. The molecule has 1 amide bonds. The van der Waals surface area contributed by atoms with E-state index in [4.69, 9.17) is 4.98 Å². The molecule has 0 aliphatic carbocycles. The number of imidazole rings is 1. The van der Waals surface area contributed by atoms with Crippen molar-refractivity contribution in [3.63, 3.8) is 0 Å². The Morgan fingerprint density at radius 2 is 1.62 bits per heavy atom. The summed E-state index contributed by atoms with van der Waals surface area (Å²) in [4.78, 5) is 30.5. The van der Waals surface area contributed by atoms with Crippen LogP contribution in [0.1, 0.15) is 11.4 Å². The summed E-state index contributed by atoms with van der Waals surface area (Å²) in [5.41, 5.74) is 3.67. The number of anilines is 1. The quantitative estimate of drug-likeness (QED) is 0.459. The predicted molar refractivity (Wildman–Crippen MR) is 128 cm³/mol. The minimum atomic E-state index is -0.305. The molecule has 0 atom stereocenters. The highest BCUT2D eigenvalue weighted by atomic mass is 19.1. The maximum absolute atomic E-state index is 13.5. The number of benzene rings is 2. The largest absolute Gasteiger partial charge is 0.339 e. The Bertz CT molecular complexity index is 1260. The van der Waals surface area contributed by atoms with E-state index in [1.54, 1.807) is 30.6 Å². The predicted octanol–water partition coefficient (Wildman–Crippen LogP) is 3.67. The van der Waals surface area contributed by atoms with E-state index in [0.29, 0.717) is 38.0 Å². The Morgan fingerprint density at radius 1 is 0.941 bits per heavy atom. The number of carbonyl (C=O) groups excluding carboxylic acids is 1. The van der Waals surface area contributed by atoms with Crippen molar-refractivity contribution in [3.05, 3.63) is 90.4 Å². The van der Waals surface area contributed by atoms with Gasteiger partial charge >= 0.3 is 0 Å². The van der Waals surface area contributed by atoms with Gasteiger partial charge < -0.3 is 14.4 Å². The van der Waals surface area contributed by atoms with Crippen molar-refractivity contribution >= 4 is 11.9 Å². The number of carbonyl (C=O) groups is 1. The molecule has 8 heteroatoms. The number of halogens is 1. The Hall–Kier alpha value is -4.07.